The van der Waals surface area contributed by atoms with Crippen LogP contribution in [0, 0.1) is 0 Å². The Bertz CT molecular complexity index is 2860. The molecule has 0 fully saturated rings. The average Bonchev–Trinajstić information content (AvgIpc) is 3.72. The first kappa shape index (κ1) is 37.2. The number of hydrogen-bond acceptors (Lipinski definition) is 1. The molecule has 2 heteroatoms. The summed E-state index contributed by atoms with van der Waals surface area (Å²) < 4.78 is 2.40. The number of allylic oxidation sites excluding steroid dienone is 3. The number of rotatable bonds is 5. The van der Waals surface area contributed by atoms with Crippen molar-refractivity contribution in [2.45, 2.75) is 40.0 Å². The highest BCUT2D eigenvalue weighted by atomic mass is 15.0. The van der Waals surface area contributed by atoms with Gasteiger partial charge < -0.3 is 4.57 Å². The van der Waals surface area contributed by atoms with Crippen LogP contribution in [-0.4, -0.2) is 9.55 Å². The highest BCUT2D eigenvalue weighted by Crippen LogP contribution is 2.51. The molecule has 9 aromatic rings. The van der Waals surface area contributed by atoms with Crippen molar-refractivity contribution in [1.29, 1.82) is 0 Å². The molecule has 0 radical (unpaired) electrons. The summed E-state index contributed by atoms with van der Waals surface area (Å²) in [6.07, 6.45) is 7.48. The Morgan fingerprint density at radius 2 is 1.04 bits per heavy atom. The van der Waals surface area contributed by atoms with Gasteiger partial charge in [0, 0.05) is 33.5 Å². The Balaban J connectivity index is 0.000000606. The molecule has 1 aliphatic carbocycles. The number of hydrogen-bond donors (Lipinski definition) is 0. The highest BCUT2D eigenvalue weighted by molar-refractivity contribution is 6.09. The quantitative estimate of drug-likeness (QED) is 0.161. The fraction of sp³-hybridized carbons (Fsp3) is 0.109. The van der Waals surface area contributed by atoms with Gasteiger partial charge in [0.25, 0.3) is 0 Å². The molecule has 0 unspecified atom stereocenters. The molecule has 2 aromatic heterocycles. The predicted octanol–water partition coefficient (Wildman–Crippen LogP) is 15.4. The Morgan fingerprint density at radius 3 is 1.63 bits per heavy atom. The van der Waals surface area contributed by atoms with E-state index in [1.165, 1.54) is 88.5 Å². The molecule has 57 heavy (non-hydrogen) atoms. The van der Waals surface area contributed by atoms with E-state index in [9.17, 15) is 0 Å². The molecule has 7 aromatic carbocycles. The molecule has 0 saturated carbocycles. The lowest BCUT2D eigenvalue weighted by atomic mass is 9.81. The molecule has 10 rings (SSSR count). The Hall–Kier alpha value is -6.77. The first-order chi connectivity index (χ1) is 28.0. The van der Waals surface area contributed by atoms with Crippen LogP contribution < -0.4 is 0 Å². The lowest BCUT2D eigenvalue weighted by molar-refractivity contribution is 0.661. The SMILES string of the molecule is C=C/C=C\C.CC.CC1(C)c2cc(-c3ccc(-c4ccnc5ccccc45)cc3)ccc2-c2ccc(-c3cccc(-n4c5ccccc5c5ccccc54)c3)cc21. The Morgan fingerprint density at radius 1 is 0.509 bits per heavy atom. The van der Waals surface area contributed by atoms with Crippen molar-refractivity contribution in [2.24, 2.45) is 0 Å². The monoisotopic (exact) mass is 736 g/mol. The average molecular weight is 737 g/mol. The number of fused-ring (bicyclic) bond motifs is 7. The standard InChI is InChI=1S/C48H34N2.C5H8.C2H6/c1-48(2)43-29-34(31-18-20-32(21-19-31)37-26-27-49-45-15-6-3-12-40(37)45)22-24-38(43)39-25-23-35(30-44(39)48)33-10-9-11-36(28-33)50-46-16-7-4-13-41(46)42-14-5-8-17-47(42)50;1-3-5-4-2;1-2/h3-30H,1-2H3;3-5H,1H2,2H3;1-2H3/b;5-4-;. The Labute approximate surface area is 337 Å². The smallest absolute Gasteiger partial charge is 0.0708 e. The lowest BCUT2D eigenvalue weighted by Crippen LogP contribution is -2.15. The van der Waals surface area contributed by atoms with E-state index >= 15 is 0 Å². The van der Waals surface area contributed by atoms with Crippen molar-refractivity contribution in [2.75, 3.05) is 0 Å². The van der Waals surface area contributed by atoms with Gasteiger partial charge in [0.05, 0.1) is 16.6 Å². The normalized spacial score (nSPS) is 12.4. The van der Waals surface area contributed by atoms with Crippen LogP contribution >= 0.6 is 0 Å². The van der Waals surface area contributed by atoms with E-state index in [1.807, 2.05) is 45.2 Å². The summed E-state index contributed by atoms with van der Waals surface area (Å²) >= 11 is 0. The molecule has 0 amide bonds. The molecule has 0 spiro atoms. The van der Waals surface area contributed by atoms with Crippen molar-refractivity contribution in [3.63, 3.8) is 0 Å². The molecular formula is C55H48N2. The van der Waals surface area contributed by atoms with Crippen molar-refractivity contribution >= 4 is 32.7 Å². The maximum absolute atomic E-state index is 4.55. The Kier molecular flexibility index (Phi) is 10.3. The predicted molar refractivity (Wildman–Crippen MR) is 246 cm³/mol. The summed E-state index contributed by atoms with van der Waals surface area (Å²) in [5.41, 5.74) is 17.3. The number of pyridine rings is 1. The second-order valence-electron chi connectivity index (χ2n) is 14.8. The number of nitrogens with zero attached hydrogens (tertiary/aromatic N) is 2. The molecule has 0 atom stereocenters. The molecule has 2 heterocycles. The number of para-hydroxylation sites is 3. The summed E-state index contributed by atoms with van der Waals surface area (Å²) in [5, 5.41) is 3.74. The zero-order valence-corrected chi connectivity index (χ0v) is 33.5. The topological polar surface area (TPSA) is 17.8 Å². The zero-order valence-electron chi connectivity index (χ0n) is 33.5. The maximum atomic E-state index is 4.55. The molecular weight excluding hydrogens is 689 g/mol. The van der Waals surface area contributed by atoms with Crippen LogP contribution in [0.4, 0.5) is 0 Å². The number of aromatic nitrogens is 2. The van der Waals surface area contributed by atoms with Crippen molar-refractivity contribution < 1.29 is 0 Å². The summed E-state index contributed by atoms with van der Waals surface area (Å²) in [6, 6.07) is 59.9. The maximum Gasteiger partial charge on any atom is 0.0708 e. The number of benzene rings is 7. The molecule has 0 aliphatic heterocycles. The second-order valence-corrected chi connectivity index (χ2v) is 14.8. The first-order valence-electron chi connectivity index (χ1n) is 20.0. The van der Waals surface area contributed by atoms with Crippen LogP contribution in [0.3, 0.4) is 0 Å². The minimum atomic E-state index is -0.128. The van der Waals surface area contributed by atoms with E-state index in [-0.39, 0.29) is 5.41 Å². The van der Waals surface area contributed by atoms with Gasteiger partial charge in [-0.3, -0.25) is 4.98 Å². The van der Waals surface area contributed by atoms with Crippen LogP contribution in [0.5, 0.6) is 0 Å². The van der Waals surface area contributed by atoms with Crippen molar-refractivity contribution in [3.8, 4) is 50.2 Å². The van der Waals surface area contributed by atoms with Gasteiger partial charge >= 0.3 is 0 Å². The van der Waals surface area contributed by atoms with Crippen LogP contribution in [-0.2, 0) is 5.41 Å². The third-order valence-electron chi connectivity index (χ3n) is 11.2. The third kappa shape index (κ3) is 6.68. The van der Waals surface area contributed by atoms with Crippen molar-refractivity contribution in [1.82, 2.24) is 9.55 Å². The summed E-state index contributed by atoms with van der Waals surface area (Å²) in [7, 11) is 0. The fourth-order valence-electron chi connectivity index (χ4n) is 8.45. The molecule has 0 N–H and O–H groups in total. The van der Waals surface area contributed by atoms with Gasteiger partial charge in [0.2, 0.25) is 0 Å². The minimum Gasteiger partial charge on any atom is -0.309 e. The molecule has 0 saturated heterocycles. The lowest BCUT2D eigenvalue weighted by Gasteiger charge is -2.23. The summed E-state index contributed by atoms with van der Waals surface area (Å²) in [5.74, 6) is 0. The third-order valence-corrected chi connectivity index (χ3v) is 11.2. The summed E-state index contributed by atoms with van der Waals surface area (Å²) in [6.45, 7) is 14.2. The largest absolute Gasteiger partial charge is 0.309 e. The van der Waals surface area contributed by atoms with Crippen LogP contribution in [0.25, 0.3) is 82.9 Å². The fourth-order valence-corrected chi connectivity index (χ4v) is 8.45. The molecule has 1 aliphatic rings. The van der Waals surface area contributed by atoms with E-state index in [2.05, 4.69) is 188 Å². The van der Waals surface area contributed by atoms with Gasteiger partial charge in [-0.05, 0) is 111 Å². The van der Waals surface area contributed by atoms with Gasteiger partial charge in [0.1, 0.15) is 0 Å². The molecule has 278 valence electrons. The highest BCUT2D eigenvalue weighted by Gasteiger charge is 2.36. The zero-order chi connectivity index (χ0) is 39.5. The van der Waals surface area contributed by atoms with Crippen LogP contribution in [0.2, 0.25) is 0 Å². The first-order valence-corrected chi connectivity index (χ1v) is 20.0. The second kappa shape index (κ2) is 15.8. The van der Waals surface area contributed by atoms with Crippen molar-refractivity contribution in [3.05, 3.63) is 206 Å². The van der Waals surface area contributed by atoms with Gasteiger partial charge in [-0.25, -0.2) is 0 Å². The van der Waals surface area contributed by atoms with Crippen LogP contribution in [0.15, 0.2) is 195 Å². The van der Waals surface area contributed by atoms with E-state index in [1.54, 1.807) is 6.08 Å². The minimum absolute atomic E-state index is 0.128. The van der Waals surface area contributed by atoms with Crippen LogP contribution in [0.1, 0.15) is 45.7 Å². The van der Waals surface area contributed by atoms with E-state index in [4.69, 9.17) is 0 Å². The van der Waals surface area contributed by atoms with E-state index in [0.717, 1.165) is 5.52 Å². The van der Waals surface area contributed by atoms with Gasteiger partial charge in [0.15, 0.2) is 0 Å². The van der Waals surface area contributed by atoms with Gasteiger partial charge in [-0.1, -0.05) is 168 Å². The van der Waals surface area contributed by atoms with Gasteiger partial charge in [-0.2, -0.15) is 0 Å². The molecule has 2 nitrogen and oxygen atoms in total. The van der Waals surface area contributed by atoms with E-state index < -0.39 is 0 Å². The van der Waals surface area contributed by atoms with E-state index in [0.29, 0.717) is 0 Å². The summed E-state index contributed by atoms with van der Waals surface area (Å²) in [4.78, 5) is 4.55. The van der Waals surface area contributed by atoms with Gasteiger partial charge in [-0.15, -0.1) is 0 Å². The molecule has 0 bridgehead atoms.